The molecule has 0 fully saturated rings. The van der Waals surface area contributed by atoms with Crippen molar-refractivity contribution < 1.29 is 4.79 Å². The highest BCUT2D eigenvalue weighted by atomic mass is 16.1. The van der Waals surface area contributed by atoms with Crippen LogP contribution in [0.5, 0.6) is 0 Å². The van der Waals surface area contributed by atoms with Crippen LogP contribution in [0.2, 0.25) is 0 Å². The van der Waals surface area contributed by atoms with E-state index < -0.39 is 0 Å². The van der Waals surface area contributed by atoms with Gasteiger partial charge >= 0.3 is 0 Å². The van der Waals surface area contributed by atoms with Crippen LogP contribution in [-0.4, -0.2) is 42.8 Å². The molecule has 4 nitrogen and oxygen atoms in total. The molecule has 1 unspecified atom stereocenters. The first-order chi connectivity index (χ1) is 13.3. The second-order valence-electron chi connectivity index (χ2n) is 8.08. The summed E-state index contributed by atoms with van der Waals surface area (Å²) in [4.78, 5) is 19.0. The molecular weight excluding hydrogens is 334 g/mol. The number of unbranched alkanes of at least 4 members (excludes halogenated alkanes) is 11. The van der Waals surface area contributed by atoms with Gasteiger partial charge < -0.3 is 5.32 Å². The van der Waals surface area contributed by atoms with Crippen LogP contribution in [0.3, 0.4) is 0 Å². The number of aliphatic imine (C=N–C) groups is 1. The number of rotatable bonds is 18. The average Bonchev–Trinajstić information content (AvgIpc) is 3.11. The number of hydrogen-bond acceptors (Lipinski definition) is 3. The van der Waals surface area contributed by atoms with Crippen molar-refractivity contribution in [2.24, 2.45) is 4.99 Å². The molecule has 1 aliphatic rings. The van der Waals surface area contributed by atoms with Crippen LogP contribution in [0.25, 0.3) is 0 Å². The predicted molar refractivity (Wildman–Crippen MR) is 117 cm³/mol. The maximum atomic E-state index is 12.0. The van der Waals surface area contributed by atoms with Gasteiger partial charge in [-0.1, -0.05) is 84.5 Å². The van der Waals surface area contributed by atoms with Crippen LogP contribution >= 0.6 is 0 Å². The van der Waals surface area contributed by atoms with Gasteiger partial charge in [0.15, 0.2) is 0 Å². The van der Waals surface area contributed by atoms with Gasteiger partial charge in [-0.2, -0.15) is 0 Å². The number of nitrogens with one attached hydrogen (secondary N) is 1. The second kappa shape index (κ2) is 17.2. The van der Waals surface area contributed by atoms with E-state index in [4.69, 9.17) is 0 Å². The van der Waals surface area contributed by atoms with Crippen LogP contribution in [0.4, 0.5) is 0 Å². The van der Waals surface area contributed by atoms with E-state index in [9.17, 15) is 4.79 Å². The maximum absolute atomic E-state index is 12.0. The Morgan fingerprint density at radius 2 is 1.52 bits per heavy atom. The third-order valence-corrected chi connectivity index (χ3v) is 5.56. The molecule has 1 aliphatic heterocycles. The van der Waals surface area contributed by atoms with E-state index in [0.717, 1.165) is 32.5 Å². The second-order valence-corrected chi connectivity index (χ2v) is 8.08. The Hall–Kier alpha value is -0.900. The van der Waals surface area contributed by atoms with E-state index in [1.54, 1.807) is 0 Å². The summed E-state index contributed by atoms with van der Waals surface area (Å²) in [6.45, 7) is 7.12. The molecule has 1 rings (SSSR count). The number of carbonyl (C=O) groups excluding carboxylic acids is 1. The van der Waals surface area contributed by atoms with Gasteiger partial charge in [0.1, 0.15) is 6.17 Å². The molecule has 158 valence electrons. The first kappa shape index (κ1) is 24.1. The first-order valence-electron chi connectivity index (χ1n) is 11.8. The topological polar surface area (TPSA) is 44.7 Å². The molecule has 1 amide bonds. The molecule has 27 heavy (non-hydrogen) atoms. The van der Waals surface area contributed by atoms with Crippen LogP contribution < -0.4 is 5.32 Å². The molecule has 1 atom stereocenters. The fourth-order valence-electron chi connectivity index (χ4n) is 3.76. The first-order valence-corrected chi connectivity index (χ1v) is 11.8. The highest BCUT2D eigenvalue weighted by Crippen LogP contribution is 2.15. The minimum absolute atomic E-state index is 0.220. The molecule has 0 radical (unpaired) electrons. The third kappa shape index (κ3) is 13.0. The fourth-order valence-corrected chi connectivity index (χ4v) is 3.76. The van der Waals surface area contributed by atoms with Crippen LogP contribution in [-0.2, 0) is 4.79 Å². The van der Waals surface area contributed by atoms with Crippen molar-refractivity contribution in [3.05, 3.63) is 0 Å². The van der Waals surface area contributed by atoms with E-state index in [-0.39, 0.29) is 5.91 Å². The SMILES string of the molecule is CCCCCCCCCCCC(=O)NCCN1CC=NC1CCCCCC. The number of hydrogen-bond donors (Lipinski definition) is 1. The highest BCUT2D eigenvalue weighted by Gasteiger charge is 2.19. The van der Waals surface area contributed by atoms with Crippen LogP contribution in [0.1, 0.15) is 110 Å². The number of nitrogens with zero attached hydrogens (tertiary/aromatic N) is 2. The van der Waals surface area contributed by atoms with E-state index in [2.05, 4.69) is 29.1 Å². The third-order valence-electron chi connectivity index (χ3n) is 5.56. The zero-order valence-corrected chi connectivity index (χ0v) is 18.2. The predicted octanol–water partition coefficient (Wildman–Crippen LogP) is 5.71. The van der Waals surface area contributed by atoms with Crippen LogP contribution in [0.15, 0.2) is 4.99 Å². The van der Waals surface area contributed by atoms with E-state index >= 15 is 0 Å². The van der Waals surface area contributed by atoms with Gasteiger partial charge in [0.25, 0.3) is 0 Å². The van der Waals surface area contributed by atoms with Gasteiger partial charge in [0.2, 0.25) is 5.91 Å². The summed E-state index contributed by atoms with van der Waals surface area (Å²) in [5.74, 6) is 0.220. The summed E-state index contributed by atoms with van der Waals surface area (Å²) < 4.78 is 0. The smallest absolute Gasteiger partial charge is 0.220 e. The van der Waals surface area contributed by atoms with E-state index in [0.29, 0.717) is 12.6 Å². The zero-order chi connectivity index (χ0) is 19.6. The standard InChI is InChI=1S/C23H45N3O/c1-3-5-7-9-10-11-12-13-15-17-23(27)25-19-21-26-20-18-24-22(26)16-14-8-6-4-2/h18,22H,3-17,19-21H2,1-2H3,(H,25,27). The summed E-state index contributed by atoms with van der Waals surface area (Å²) in [5.41, 5.74) is 0. The van der Waals surface area contributed by atoms with Gasteiger partial charge in [0.05, 0.1) is 0 Å². The van der Waals surface area contributed by atoms with Crippen molar-refractivity contribution in [3.63, 3.8) is 0 Å². The Bertz CT molecular complexity index is 384. The van der Waals surface area contributed by atoms with Crippen molar-refractivity contribution in [1.82, 2.24) is 10.2 Å². The van der Waals surface area contributed by atoms with Crippen molar-refractivity contribution in [3.8, 4) is 0 Å². The Balaban J connectivity index is 1.94. The number of amides is 1. The average molecular weight is 380 g/mol. The lowest BCUT2D eigenvalue weighted by Crippen LogP contribution is -2.38. The van der Waals surface area contributed by atoms with Gasteiger partial charge in [-0.15, -0.1) is 0 Å². The zero-order valence-electron chi connectivity index (χ0n) is 18.2. The quantitative estimate of drug-likeness (QED) is 0.310. The summed E-state index contributed by atoms with van der Waals surface area (Å²) in [6.07, 6.45) is 21.1. The Morgan fingerprint density at radius 1 is 0.926 bits per heavy atom. The van der Waals surface area contributed by atoms with Gasteiger partial charge in [-0.25, -0.2) is 0 Å². The maximum Gasteiger partial charge on any atom is 0.220 e. The van der Waals surface area contributed by atoms with Crippen molar-refractivity contribution in [1.29, 1.82) is 0 Å². The van der Waals surface area contributed by atoms with Crippen molar-refractivity contribution >= 4 is 12.1 Å². The lowest BCUT2D eigenvalue weighted by molar-refractivity contribution is -0.121. The van der Waals surface area contributed by atoms with E-state index in [1.165, 1.54) is 77.0 Å². The lowest BCUT2D eigenvalue weighted by atomic mass is 10.1. The van der Waals surface area contributed by atoms with Crippen molar-refractivity contribution in [2.75, 3.05) is 19.6 Å². The number of carbonyl (C=O) groups is 1. The van der Waals surface area contributed by atoms with E-state index in [1.807, 2.05) is 6.21 Å². The fraction of sp³-hybridized carbons (Fsp3) is 0.913. The summed E-state index contributed by atoms with van der Waals surface area (Å²) in [7, 11) is 0. The molecule has 4 heteroatoms. The largest absolute Gasteiger partial charge is 0.355 e. The molecule has 0 aromatic carbocycles. The van der Waals surface area contributed by atoms with Crippen molar-refractivity contribution in [2.45, 2.75) is 116 Å². The molecule has 0 aromatic heterocycles. The van der Waals surface area contributed by atoms with Gasteiger partial charge in [-0.3, -0.25) is 14.7 Å². The molecule has 1 N–H and O–H groups in total. The molecule has 0 saturated heterocycles. The molecular formula is C23H45N3O. The van der Waals surface area contributed by atoms with Gasteiger partial charge in [-0.05, 0) is 19.3 Å². The minimum atomic E-state index is 0.220. The lowest BCUT2D eigenvalue weighted by Gasteiger charge is -2.23. The summed E-state index contributed by atoms with van der Waals surface area (Å²) >= 11 is 0. The Morgan fingerprint density at radius 3 is 2.19 bits per heavy atom. The Labute approximate surface area is 168 Å². The molecule has 0 aliphatic carbocycles. The summed E-state index contributed by atoms with van der Waals surface area (Å²) in [6, 6.07) is 0. The molecule has 1 heterocycles. The molecule has 0 aromatic rings. The molecule has 0 spiro atoms. The Kier molecular flexibility index (Phi) is 15.4. The highest BCUT2D eigenvalue weighted by molar-refractivity contribution is 5.75. The normalized spacial score (nSPS) is 16.9. The molecule has 0 saturated carbocycles. The monoisotopic (exact) mass is 379 g/mol. The summed E-state index contributed by atoms with van der Waals surface area (Å²) in [5, 5.41) is 3.10. The minimum Gasteiger partial charge on any atom is -0.355 e. The van der Waals surface area contributed by atoms with Crippen LogP contribution in [0, 0.1) is 0 Å². The van der Waals surface area contributed by atoms with Gasteiger partial charge in [0, 0.05) is 32.3 Å². The molecule has 0 bridgehead atoms.